The number of anilines is 2. The molecule has 0 bridgehead atoms. The van der Waals surface area contributed by atoms with E-state index >= 15 is 4.39 Å². The van der Waals surface area contributed by atoms with Crippen molar-refractivity contribution >= 4 is 45.6 Å². The van der Waals surface area contributed by atoms with Gasteiger partial charge in [-0.25, -0.2) is 13.8 Å². The van der Waals surface area contributed by atoms with E-state index in [1.165, 1.54) is 0 Å². The molecule has 1 aliphatic carbocycles. The fourth-order valence-corrected chi connectivity index (χ4v) is 4.05. The fourth-order valence-electron chi connectivity index (χ4n) is 3.75. The van der Waals surface area contributed by atoms with Crippen LogP contribution in [0.2, 0.25) is 5.02 Å². The van der Waals surface area contributed by atoms with Crippen molar-refractivity contribution in [3.05, 3.63) is 41.6 Å². The first-order valence-electron chi connectivity index (χ1n) is 9.88. The quantitative estimate of drug-likeness (QED) is 0.477. The van der Waals surface area contributed by atoms with Gasteiger partial charge in [-0.05, 0) is 25.5 Å². The standard InChI is InChI=1S/C21H19ClF2N6O/c1-3-29(2)20-18(24)17(22)16(12-7-25-28-19(12)20)10-4-5-15-26-14(9-30(15)8-10)27-21(31)11-6-13(11)23/h4-5,7-9,11,13H,3,6H2,1-2H3,(H,25,28)(H,27,31)/t11-,13+/m1/s1. The molecular weight excluding hydrogens is 426 g/mol. The molecule has 2 atom stereocenters. The molecule has 0 aliphatic heterocycles. The van der Waals surface area contributed by atoms with Crippen LogP contribution in [-0.4, -0.2) is 45.3 Å². The van der Waals surface area contributed by atoms with Crippen LogP contribution in [0.4, 0.5) is 20.3 Å². The van der Waals surface area contributed by atoms with Gasteiger partial charge in [-0.15, -0.1) is 0 Å². The molecule has 0 unspecified atom stereocenters. The van der Waals surface area contributed by atoms with Crippen molar-refractivity contribution in [1.82, 2.24) is 19.6 Å². The second-order valence-electron chi connectivity index (χ2n) is 7.68. The van der Waals surface area contributed by atoms with E-state index in [1.54, 1.807) is 47.1 Å². The number of nitrogens with one attached hydrogen (secondary N) is 2. The highest BCUT2D eigenvalue weighted by molar-refractivity contribution is 6.36. The van der Waals surface area contributed by atoms with Crippen LogP contribution in [0.5, 0.6) is 0 Å². The minimum atomic E-state index is -1.08. The number of fused-ring (bicyclic) bond motifs is 2. The van der Waals surface area contributed by atoms with E-state index < -0.39 is 17.9 Å². The molecule has 1 saturated carbocycles. The zero-order chi connectivity index (χ0) is 21.9. The first-order valence-corrected chi connectivity index (χ1v) is 10.3. The smallest absolute Gasteiger partial charge is 0.231 e. The number of carbonyl (C=O) groups is 1. The maximum Gasteiger partial charge on any atom is 0.231 e. The molecule has 2 N–H and O–H groups in total. The van der Waals surface area contributed by atoms with Gasteiger partial charge in [0, 0.05) is 36.3 Å². The van der Waals surface area contributed by atoms with Crippen molar-refractivity contribution in [3.63, 3.8) is 0 Å². The molecule has 4 aromatic rings. The van der Waals surface area contributed by atoms with Gasteiger partial charge in [0.1, 0.15) is 17.5 Å². The Balaban J connectivity index is 1.58. The zero-order valence-corrected chi connectivity index (χ0v) is 17.5. The van der Waals surface area contributed by atoms with Crippen LogP contribution < -0.4 is 10.2 Å². The number of aromatic nitrogens is 4. The zero-order valence-electron chi connectivity index (χ0n) is 16.8. The van der Waals surface area contributed by atoms with E-state index in [1.807, 2.05) is 6.92 Å². The number of halogens is 3. The number of nitrogens with zero attached hydrogens (tertiary/aromatic N) is 4. The van der Waals surface area contributed by atoms with Gasteiger partial charge >= 0.3 is 0 Å². The van der Waals surface area contributed by atoms with Gasteiger partial charge in [-0.3, -0.25) is 9.89 Å². The number of alkyl halides is 1. The monoisotopic (exact) mass is 444 g/mol. The van der Waals surface area contributed by atoms with Crippen molar-refractivity contribution in [2.24, 2.45) is 5.92 Å². The second-order valence-corrected chi connectivity index (χ2v) is 8.06. The van der Waals surface area contributed by atoms with E-state index in [4.69, 9.17) is 11.6 Å². The molecule has 0 spiro atoms. The van der Waals surface area contributed by atoms with Crippen LogP contribution >= 0.6 is 11.6 Å². The topological polar surface area (TPSA) is 78.3 Å². The first-order chi connectivity index (χ1) is 14.9. The van der Waals surface area contributed by atoms with Crippen LogP contribution in [0, 0.1) is 11.7 Å². The third-order valence-corrected chi connectivity index (χ3v) is 6.02. The third-order valence-electron chi connectivity index (χ3n) is 5.66. The number of carbonyl (C=O) groups excluding carboxylic acids is 1. The van der Waals surface area contributed by atoms with Crippen LogP contribution in [0.1, 0.15) is 13.3 Å². The van der Waals surface area contributed by atoms with Crippen molar-refractivity contribution < 1.29 is 13.6 Å². The summed E-state index contributed by atoms with van der Waals surface area (Å²) >= 11 is 6.49. The van der Waals surface area contributed by atoms with E-state index in [0.717, 1.165) is 0 Å². The molecule has 1 amide bonds. The summed E-state index contributed by atoms with van der Waals surface area (Å²) in [6.45, 7) is 2.52. The van der Waals surface area contributed by atoms with Gasteiger partial charge < -0.3 is 14.6 Å². The summed E-state index contributed by atoms with van der Waals surface area (Å²) in [7, 11) is 1.79. The maximum atomic E-state index is 15.2. The highest BCUT2D eigenvalue weighted by atomic mass is 35.5. The van der Waals surface area contributed by atoms with Gasteiger partial charge in [0.25, 0.3) is 0 Å². The highest BCUT2D eigenvalue weighted by Gasteiger charge is 2.43. The Morgan fingerprint density at radius 3 is 2.90 bits per heavy atom. The minimum Gasteiger partial charge on any atom is -0.371 e. The Kier molecular flexibility index (Phi) is 4.58. The molecule has 0 radical (unpaired) electrons. The van der Waals surface area contributed by atoms with Gasteiger partial charge in [0.15, 0.2) is 11.6 Å². The molecule has 0 saturated heterocycles. The lowest BCUT2D eigenvalue weighted by Crippen LogP contribution is -2.18. The number of amides is 1. The molecule has 1 aromatic carbocycles. The molecule has 3 aromatic heterocycles. The van der Waals surface area contributed by atoms with Crippen LogP contribution in [0.15, 0.2) is 30.7 Å². The summed E-state index contributed by atoms with van der Waals surface area (Å²) in [6, 6.07) is 3.52. The predicted octanol–water partition coefficient (Wildman–Crippen LogP) is 4.42. The number of benzene rings is 1. The number of hydrogen-bond acceptors (Lipinski definition) is 4. The normalized spacial score (nSPS) is 18.0. The molecule has 7 nitrogen and oxygen atoms in total. The lowest BCUT2D eigenvalue weighted by Gasteiger charge is -2.20. The fraction of sp³-hybridized carbons (Fsp3) is 0.286. The van der Waals surface area contributed by atoms with Crippen LogP contribution in [0.25, 0.3) is 27.7 Å². The summed E-state index contributed by atoms with van der Waals surface area (Å²) < 4.78 is 30.1. The largest absolute Gasteiger partial charge is 0.371 e. The lowest BCUT2D eigenvalue weighted by atomic mass is 10.0. The molecule has 1 fully saturated rings. The third kappa shape index (κ3) is 3.20. The molecule has 1 aliphatic rings. The molecule has 10 heteroatoms. The number of aromatic amines is 1. The SMILES string of the molecule is CCN(C)c1c(F)c(Cl)c(-c2ccc3nc(NC(=O)[C@@H]4C[C@@H]4F)cn3c2)c2cn[nH]c12. The Labute approximate surface area is 181 Å². The number of imidazole rings is 1. The van der Waals surface area contributed by atoms with Gasteiger partial charge in [-0.1, -0.05) is 11.6 Å². The Morgan fingerprint density at radius 1 is 1.42 bits per heavy atom. The van der Waals surface area contributed by atoms with Gasteiger partial charge in [0.2, 0.25) is 5.91 Å². The van der Waals surface area contributed by atoms with Gasteiger partial charge in [0.05, 0.1) is 28.9 Å². The summed E-state index contributed by atoms with van der Waals surface area (Å²) in [5.41, 5.74) is 2.67. The minimum absolute atomic E-state index is 0.0000810. The summed E-state index contributed by atoms with van der Waals surface area (Å²) in [4.78, 5) is 18.1. The predicted molar refractivity (Wildman–Crippen MR) is 116 cm³/mol. The van der Waals surface area contributed by atoms with Crippen LogP contribution in [-0.2, 0) is 4.79 Å². The average Bonchev–Trinajstić information content (AvgIpc) is 3.12. The van der Waals surface area contributed by atoms with Crippen LogP contribution in [0.3, 0.4) is 0 Å². The van der Waals surface area contributed by atoms with Crippen molar-refractivity contribution in [3.8, 4) is 11.1 Å². The molecule has 5 rings (SSSR count). The summed E-state index contributed by atoms with van der Waals surface area (Å²) in [5, 5.41) is 10.3. The van der Waals surface area contributed by atoms with E-state index in [9.17, 15) is 9.18 Å². The van der Waals surface area contributed by atoms with Crippen molar-refractivity contribution in [2.45, 2.75) is 19.5 Å². The molecule has 31 heavy (non-hydrogen) atoms. The molecule has 160 valence electrons. The Bertz CT molecular complexity index is 1330. The molecular formula is C21H19ClF2N6O. The van der Waals surface area contributed by atoms with E-state index in [2.05, 4.69) is 20.5 Å². The molecule has 3 heterocycles. The number of pyridine rings is 1. The lowest BCUT2D eigenvalue weighted by molar-refractivity contribution is -0.117. The Hall–Kier alpha value is -3.20. The van der Waals surface area contributed by atoms with E-state index in [-0.39, 0.29) is 17.4 Å². The van der Waals surface area contributed by atoms with E-state index in [0.29, 0.717) is 45.7 Å². The number of H-pyrrole nitrogens is 1. The average molecular weight is 445 g/mol. The number of hydrogen-bond donors (Lipinski definition) is 2. The van der Waals surface area contributed by atoms with Crippen molar-refractivity contribution in [2.75, 3.05) is 23.8 Å². The summed E-state index contributed by atoms with van der Waals surface area (Å²) in [5.74, 6) is -1.18. The summed E-state index contributed by atoms with van der Waals surface area (Å²) in [6.07, 6.45) is 4.17. The van der Waals surface area contributed by atoms with Crippen molar-refractivity contribution in [1.29, 1.82) is 0 Å². The Morgan fingerprint density at radius 2 is 2.19 bits per heavy atom. The number of rotatable bonds is 5. The highest BCUT2D eigenvalue weighted by Crippen LogP contribution is 2.42. The maximum absolute atomic E-state index is 15.2. The van der Waals surface area contributed by atoms with Gasteiger partial charge in [-0.2, -0.15) is 5.10 Å². The second kappa shape index (κ2) is 7.19. The first kappa shape index (κ1) is 19.7.